The van der Waals surface area contributed by atoms with E-state index in [9.17, 15) is 0 Å². The zero-order chi connectivity index (χ0) is 12.8. The molecule has 1 aromatic carbocycles. The van der Waals surface area contributed by atoms with E-state index < -0.39 is 0 Å². The van der Waals surface area contributed by atoms with E-state index >= 15 is 0 Å². The van der Waals surface area contributed by atoms with E-state index in [0.29, 0.717) is 12.0 Å². The highest BCUT2D eigenvalue weighted by Crippen LogP contribution is 2.21. The van der Waals surface area contributed by atoms with Crippen LogP contribution in [0.3, 0.4) is 0 Å². The number of hydrogen-bond donors (Lipinski definition) is 1. The molecule has 1 aromatic rings. The Morgan fingerprint density at radius 1 is 1.18 bits per heavy atom. The summed E-state index contributed by atoms with van der Waals surface area (Å²) < 4.78 is 0. The van der Waals surface area contributed by atoms with Crippen LogP contribution in [0, 0.1) is 5.92 Å². The van der Waals surface area contributed by atoms with Crippen LogP contribution in [0.1, 0.15) is 39.7 Å². The molecule has 17 heavy (non-hydrogen) atoms. The summed E-state index contributed by atoms with van der Waals surface area (Å²) in [6.07, 6.45) is 2.15. The molecule has 1 heteroatoms. The van der Waals surface area contributed by atoms with Gasteiger partial charge >= 0.3 is 0 Å². The molecule has 0 aliphatic carbocycles. The van der Waals surface area contributed by atoms with Gasteiger partial charge in [-0.3, -0.25) is 0 Å². The van der Waals surface area contributed by atoms with Gasteiger partial charge in [0.2, 0.25) is 0 Å². The molecule has 0 fully saturated rings. The Kier molecular flexibility index (Phi) is 5.27. The number of allylic oxidation sites excluding steroid dienone is 1. The molecule has 0 atom stereocenters. The molecule has 0 heterocycles. The Balaban J connectivity index is 2.67. The van der Waals surface area contributed by atoms with Gasteiger partial charge in [0.05, 0.1) is 0 Å². The number of hydrogen-bond acceptors (Lipinski definition) is 1. The van der Waals surface area contributed by atoms with Crippen LogP contribution in [0.5, 0.6) is 0 Å². The molecule has 1 nitrogen and oxygen atoms in total. The molecule has 1 rings (SSSR count). The van der Waals surface area contributed by atoms with E-state index in [1.165, 1.54) is 16.8 Å². The Morgan fingerprint density at radius 3 is 2.41 bits per heavy atom. The van der Waals surface area contributed by atoms with Crippen molar-refractivity contribution in [3.63, 3.8) is 0 Å². The molecule has 1 N–H and O–H groups in total. The molecule has 94 valence electrons. The summed E-state index contributed by atoms with van der Waals surface area (Å²) in [4.78, 5) is 0. The van der Waals surface area contributed by atoms with E-state index in [1.54, 1.807) is 0 Å². The van der Waals surface area contributed by atoms with Crippen molar-refractivity contribution in [3.05, 3.63) is 42.0 Å². The Labute approximate surface area is 106 Å². The highest BCUT2D eigenvalue weighted by atomic mass is 14.9. The average molecular weight is 231 g/mol. The summed E-state index contributed by atoms with van der Waals surface area (Å²) >= 11 is 0. The summed E-state index contributed by atoms with van der Waals surface area (Å²) in [5.41, 5.74) is 3.99. The van der Waals surface area contributed by atoms with Crippen molar-refractivity contribution >= 4 is 5.69 Å². The minimum absolute atomic E-state index is 0.476. The molecule has 0 saturated carbocycles. The predicted octanol–water partition coefficient (Wildman–Crippen LogP) is 4.65. The Hall–Kier alpha value is -1.24. The fourth-order valence-electron chi connectivity index (χ4n) is 1.77. The lowest BCUT2D eigenvalue weighted by Crippen LogP contribution is -2.11. The molecule has 0 aliphatic heterocycles. The lowest BCUT2D eigenvalue weighted by molar-refractivity contribution is 0.713. The lowest BCUT2D eigenvalue weighted by Gasteiger charge is -2.16. The minimum atomic E-state index is 0.476. The monoisotopic (exact) mass is 231 g/mol. The second kappa shape index (κ2) is 6.48. The molecule has 0 aliphatic rings. The van der Waals surface area contributed by atoms with Crippen molar-refractivity contribution in [1.29, 1.82) is 0 Å². The number of rotatable bonds is 6. The summed E-state index contributed by atoms with van der Waals surface area (Å²) in [7, 11) is 0. The normalized spacial score (nSPS) is 10.9. The Bertz CT molecular complexity index is 364. The fourth-order valence-corrected chi connectivity index (χ4v) is 1.77. The number of benzene rings is 1. The van der Waals surface area contributed by atoms with Crippen LogP contribution in [-0.2, 0) is 6.42 Å². The fraction of sp³-hybridized carbons (Fsp3) is 0.500. The summed E-state index contributed by atoms with van der Waals surface area (Å²) in [5, 5.41) is 3.50. The molecule has 0 amide bonds. The van der Waals surface area contributed by atoms with Gasteiger partial charge in [0, 0.05) is 11.7 Å². The van der Waals surface area contributed by atoms with Gasteiger partial charge < -0.3 is 5.32 Å². The Morgan fingerprint density at radius 2 is 1.82 bits per heavy atom. The van der Waals surface area contributed by atoms with Gasteiger partial charge in [-0.05, 0) is 44.2 Å². The summed E-state index contributed by atoms with van der Waals surface area (Å²) in [5.74, 6) is 0.584. The molecule has 0 aromatic heterocycles. The topological polar surface area (TPSA) is 12.0 Å². The van der Waals surface area contributed by atoms with Crippen LogP contribution in [0.15, 0.2) is 36.4 Å². The largest absolute Gasteiger partial charge is 0.383 e. The maximum Gasteiger partial charge on any atom is 0.0374 e. The van der Waals surface area contributed by atoms with E-state index in [-0.39, 0.29) is 0 Å². The molecule has 0 saturated heterocycles. The quantitative estimate of drug-likeness (QED) is 0.703. The SMILES string of the molecule is C=C(CCc1ccccc1NC(C)C)C(C)C. The van der Waals surface area contributed by atoms with Crippen molar-refractivity contribution in [1.82, 2.24) is 0 Å². The van der Waals surface area contributed by atoms with Gasteiger partial charge in [0.25, 0.3) is 0 Å². The van der Waals surface area contributed by atoms with Gasteiger partial charge in [0.15, 0.2) is 0 Å². The van der Waals surface area contributed by atoms with Crippen molar-refractivity contribution in [2.45, 2.75) is 46.6 Å². The highest BCUT2D eigenvalue weighted by Gasteiger charge is 2.05. The zero-order valence-electron chi connectivity index (χ0n) is 11.6. The van der Waals surface area contributed by atoms with Gasteiger partial charge in [-0.2, -0.15) is 0 Å². The van der Waals surface area contributed by atoms with Gasteiger partial charge in [-0.1, -0.05) is 44.2 Å². The van der Waals surface area contributed by atoms with Crippen molar-refractivity contribution in [3.8, 4) is 0 Å². The molecule has 0 unspecified atom stereocenters. The minimum Gasteiger partial charge on any atom is -0.383 e. The number of nitrogens with one attached hydrogen (secondary N) is 1. The van der Waals surface area contributed by atoms with Crippen LogP contribution >= 0.6 is 0 Å². The maximum atomic E-state index is 4.14. The molecular formula is C16H25N. The van der Waals surface area contributed by atoms with Crippen LogP contribution in [-0.4, -0.2) is 6.04 Å². The van der Waals surface area contributed by atoms with Crippen LogP contribution in [0.2, 0.25) is 0 Å². The van der Waals surface area contributed by atoms with E-state index in [2.05, 4.69) is 63.9 Å². The first-order valence-corrected chi connectivity index (χ1v) is 6.52. The number of aryl methyl sites for hydroxylation is 1. The van der Waals surface area contributed by atoms with E-state index in [1.807, 2.05) is 0 Å². The molecule has 0 spiro atoms. The first-order valence-electron chi connectivity index (χ1n) is 6.52. The number of para-hydroxylation sites is 1. The average Bonchev–Trinajstić information content (AvgIpc) is 2.26. The standard InChI is InChI=1S/C16H25N/c1-12(2)14(5)10-11-15-8-6-7-9-16(15)17-13(3)4/h6-9,12-13,17H,5,10-11H2,1-4H3. The second-order valence-corrected chi connectivity index (χ2v) is 5.27. The van der Waals surface area contributed by atoms with E-state index in [4.69, 9.17) is 0 Å². The van der Waals surface area contributed by atoms with Crippen molar-refractivity contribution in [2.75, 3.05) is 5.32 Å². The zero-order valence-corrected chi connectivity index (χ0v) is 11.6. The maximum absolute atomic E-state index is 4.14. The first kappa shape index (κ1) is 13.8. The summed E-state index contributed by atoms with van der Waals surface area (Å²) in [6.45, 7) is 12.9. The predicted molar refractivity (Wildman–Crippen MR) is 77.5 cm³/mol. The van der Waals surface area contributed by atoms with Crippen molar-refractivity contribution in [2.24, 2.45) is 5.92 Å². The highest BCUT2D eigenvalue weighted by molar-refractivity contribution is 5.51. The van der Waals surface area contributed by atoms with Gasteiger partial charge in [0.1, 0.15) is 0 Å². The van der Waals surface area contributed by atoms with Crippen LogP contribution in [0.25, 0.3) is 0 Å². The van der Waals surface area contributed by atoms with Crippen molar-refractivity contribution < 1.29 is 0 Å². The first-order chi connectivity index (χ1) is 8.00. The summed E-state index contributed by atoms with van der Waals surface area (Å²) in [6, 6.07) is 9.04. The van der Waals surface area contributed by atoms with E-state index in [0.717, 1.165) is 12.8 Å². The third kappa shape index (κ3) is 4.64. The molecule has 0 bridgehead atoms. The molecule has 0 radical (unpaired) electrons. The van der Waals surface area contributed by atoms with Gasteiger partial charge in [-0.15, -0.1) is 0 Å². The third-order valence-corrected chi connectivity index (χ3v) is 2.99. The molecular weight excluding hydrogens is 206 g/mol. The lowest BCUT2D eigenvalue weighted by atomic mass is 9.97. The van der Waals surface area contributed by atoms with Gasteiger partial charge in [-0.25, -0.2) is 0 Å². The van der Waals surface area contributed by atoms with Crippen LogP contribution < -0.4 is 5.32 Å². The number of anilines is 1. The second-order valence-electron chi connectivity index (χ2n) is 5.27. The smallest absolute Gasteiger partial charge is 0.0374 e. The van der Waals surface area contributed by atoms with Crippen LogP contribution in [0.4, 0.5) is 5.69 Å². The third-order valence-electron chi connectivity index (χ3n) is 2.99.